The molecule has 3 rings (SSSR count). The molecule has 1 aliphatic rings. The van der Waals surface area contributed by atoms with Gasteiger partial charge in [0.2, 0.25) is 0 Å². The number of aromatic nitrogens is 2. The largest absolute Gasteiger partial charge is 0.466 e. The summed E-state index contributed by atoms with van der Waals surface area (Å²) in [7, 11) is 0. The van der Waals surface area contributed by atoms with E-state index in [9.17, 15) is 9.59 Å². The summed E-state index contributed by atoms with van der Waals surface area (Å²) >= 11 is 3.36. The summed E-state index contributed by atoms with van der Waals surface area (Å²) < 4.78 is 7.51. The average molecular weight is 395 g/mol. The van der Waals surface area contributed by atoms with Crippen LogP contribution >= 0.6 is 15.9 Å². The smallest absolute Gasteiger partial charge is 0.314 e. The van der Waals surface area contributed by atoms with E-state index in [1.807, 2.05) is 19.1 Å². The Bertz CT molecular complexity index is 805. The van der Waals surface area contributed by atoms with E-state index < -0.39 is 0 Å². The predicted octanol–water partition coefficient (Wildman–Crippen LogP) is 0.815. The Kier molecular flexibility index (Phi) is 5.30. The van der Waals surface area contributed by atoms with Gasteiger partial charge in [-0.3, -0.25) is 14.0 Å². The van der Waals surface area contributed by atoms with Crippen LogP contribution in [0.3, 0.4) is 0 Å². The van der Waals surface area contributed by atoms with Gasteiger partial charge in [0.1, 0.15) is 23.8 Å². The summed E-state index contributed by atoms with van der Waals surface area (Å²) in [5.41, 5.74) is 1.32. The van der Waals surface area contributed by atoms with Crippen molar-refractivity contribution < 1.29 is 14.4 Å². The molecule has 1 unspecified atom stereocenters. The predicted molar refractivity (Wildman–Crippen MR) is 92.9 cm³/mol. The van der Waals surface area contributed by atoms with Crippen molar-refractivity contribution in [3.05, 3.63) is 44.9 Å². The molecule has 7 heteroatoms. The van der Waals surface area contributed by atoms with Crippen LogP contribution in [-0.4, -0.2) is 35.1 Å². The van der Waals surface area contributed by atoms with E-state index in [2.05, 4.69) is 20.9 Å². The number of ether oxygens (including phenoxy) is 1. The van der Waals surface area contributed by atoms with Gasteiger partial charge in [-0.2, -0.15) is 0 Å². The van der Waals surface area contributed by atoms with E-state index in [4.69, 9.17) is 4.74 Å². The lowest BCUT2D eigenvalue weighted by molar-refractivity contribution is -0.921. The van der Waals surface area contributed by atoms with Gasteiger partial charge in [-0.1, -0.05) is 0 Å². The number of pyridine rings is 1. The third-order valence-corrected chi connectivity index (χ3v) is 4.81. The highest BCUT2D eigenvalue weighted by Crippen LogP contribution is 2.11. The first kappa shape index (κ1) is 17.1. The number of carbonyl (C=O) groups excluding carboxylic acids is 1. The van der Waals surface area contributed by atoms with Crippen LogP contribution in [0.4, 0.5) is 0 Å². The van der Waals surface area contributed by atoms with Crippen LogP contribution in [0, 0.1) is 5.92 Å². The standard InChI is InChI=1S/C17H20BrN3O3/c1-2-24-17(23)12-4-3-7-20(9-12)11-14-8-16(22)21-10-13(18)5-6-15(21)19-14/h5-6,8,10,12H,2-4,7,9,11H2,1H3/p+1/t12-/m0/s1. The van der Waals surface area contributed by atoms with E-state index in [0.29, 0.717) is 18.8 Å². The molecule has 0 saturated carbocycles. The third-order valence-electron chi connectivity index (χ3n) is 4.35. The number of nitrogens with zero attached hydrogens (tertiary/aromatic N) is 2. The molecule has 0 spiro atoms. The molecule has 1 aliphatic heterocycles. The first-order chi connectivity index (χ1) is 11.6. The molecule has 0 radical (unpaired) electrons. The Morgan fingerprint density at radius 3 is 3.12 bits per heavy atom. The van der Waals surface area contributed by atoms with Crippen LogP contribution in [0.5, 0.6) is 0 Å². The lowest BCUT2D eigenvalue weighted by atomic mass is 9.98. The Morgan fingerprint density at radius 1 is 1.50 bits per heavy atom. The molecule has 2 aromatic rings. The highest BCUT2D eigenvalue weighted by atomic mass is 79.9. The number of halogens is 1. The van der Waals surface area contributed by atoms with Crippen LogP contribution in [0.2, 0.25) is 0 Å². The number of piperidine rings is 1. The molecular formula is C17H21BrN3O3+. The maximum atomic E-state index is 12.3. The number of rotatable bonds is 4. The topological polar surface area (TPSA) is 65.1 Å². The van der Waals surface area contributed by atoms with Crippen LogP contribution < -0.4 is 10.5 Å². The average Bonchev–Trinajstić information content (AvgIpc) is 2.56. The molecule has 0 bridgehead atoms. The van der Waals surface area contributed by atoms with Crippen molar-refractivity contribution in [2.24, 2.45) is 5.92 Å². The zero-order chi connectivity index (χ0) is 17.1. The quantitative estimate of drug-likeness (QED) is 0.779. The SMILES string of the molecule is CCOC(=O)[C@H]1CCC[NH+](Cc2cc(=O)n3cc(Br)ccc3n2)C1. The van der Waals surface area contributed by atoms with Crippen LogP contribution in [0.25, 0.3) is 5.65 Å². The van der Waals surface area contributed by atoms with Crippen molar-refractivity contribution in [3.63, 3.8) is 0 Å². The van der Waals surface area contributed by atoms with Gasteiger partial charge in [-0.05, 0) is 47.8 Å². The molecule has 6 nitrogen and oxygen atoms in total. The Morgan fingerprint density at radius 2 is 2.33 bits per heavy atom. The first-order valence-electron chi connectivity index (χ1n) is 8.25. The fourth-order valence-electron chi connectivity index (χ4n) is 3.25. The minimum absolute atomic E-state index is 0.0498. The van der Waals surface area contributed by atoms with E-state index in [0.717, 1.165) is 36.1 Å². The molecule has 1 fully saturated rings. The second-order valence-corrected chi connectivity index (χ2v) is 7.05. The van der Waals surface area contributed by atoms with Crippen molar-refractivity contribution in [1.29, 1.82) is 0 Å². The van der Waals surface area contributed by atoms with E-state index in [1.165, 1.54) is 9.30 Å². The molecular weight excluding hydrogens is 374 g/mol. The minimum Gasteiger partial charge on any atom is -0.466 e. The number of nitrogens with one attached hydrogen (secondary N) is 1. The Balaban J connectivity index is 1.76. The van der Waals surface area contributed by atoms with Gasteiger partial charge in [0.05, 0.1) is 19.7 Å². The molecule has 0 aromatic carbocycles. The van der Waals surface area contributed by atoms with E-state index in [-0.39, 0.29) is 17.4 Å². The van der Waals surface area contributed by atoms with Crippen molar-refractivity contribution in [3.8, 4) is 0 Å². The van der Waals surface area contributed by atoms with Crippen molar-refractivity contribution >= 4 is 27.5 Å². The fourth-order valence-corrected chi connectivity index (χ4v) is 3.58. The lowest BCUT2D eigenvalue weighted by Crippen LogP contribution is -3.12. The van der Waals surface area contributed by atoms with Crippen molar-refractivity contribution in [2.45, 2.75) is 26.3 Å². The first-order valence-corrected chi connectivity index (χ1v) is 9.04. The van der Waals surface area contributed by atoms with Gasteiger partial charge in [0, 0.05) is 16.7 Å². The molecule has 24 heavy (non-hydrogen) atoms. The molecule has 2 atom stereocenters. The number of likely N-dealkylation sites (tertiary alicyclic amines) is 1. The van der Waals surface area contributed by atoms with Crippen molar-refractivity contribution in [2.75, 3.05) is 19.7 Å². The molecule has 3 heterocycles. The van der Waals surface area contributed by atoms with Gasteiger partial charge in [0.15, 0.2) is 0 Å². The third kappa shape index (κ3) is 3.84. The monoisotopic (exact) mass is 394 g/mol. The van der Waals surface area contributed by atoms with Crippen molar-refractivity contribution in [1.82, 2.24) is 9.38 Å². The number of hydrogen-bond donors (Lipinski definition) is 1. The summed E-state index contributed by atoms with van der Waals surface area (Å²) in [6, 6.07) is 5.28. The van der Waals surface area contributed by atoms with Crippen LogP contribution in [0.1, 0.15) is 25.5 Å². The van der Waals surface area contributed by atoms with E-state index >= 15 is 0 Å². The summed E-state index contributed by atoms with van der Waals surface area (Å²) in [4.78, 5) is 30.1. The maximum Gasteiger partial charge on any atom is 0.314 e. The highest BCUT2D eigenvalue weighted by molar-refractivity contribution is 9.10. The number of quaternary nitrogens is 1. The summed E-state index contributed by atoms with van der Waals surface area (Å²) in [5.74, 6) is -0.155. The lowest BCUT2D eigenvalue weighted by Gasteiger charge is -2.28. The molecule has 1 N–H and O–H groups in total. The van der Waals surface area contributed by atoms with Crippen LogP contribution in [-0.2, 0) is 16.1 Å². The number of esters is 1. The highest BCUT2D eigenvalue weighted by Gasteiger charge is 2.30. The van der Waals surface area contributed by atoms with Gasteiger partial charge in [-0.25, -0.2) is 4.98 Å². The Labute approximate surface area is 148 Å². The summed E-state index contributed by atoms with van der Waals surface area (Å²) in [6.45, 7) is 4.62. The fraction of sp³-hybridized carbons (Fsp3) is 0.471. The molecule has 128 valence electrons. The zero-order valence-corrected chi connectivity index (χ0v) is 15.2. The van der Waals surface area contributed by atoms with E-state index in [1.54, 1.807) is 12.3 Å². The van der Waals surface area contributed by atoms with Gasteiger partial charge < -0.3 is 9.64 Å². The summed E-state index contributed by atoms with van der Waals surface area (Å²) in [5, 5.41) is 0. The minimum atomic E-state index is -0.105. The number of carbonyl (C=O) groups is 1. The zero-order valence-electron chi connectivity index (χ0n) is 13.6. The molecule has 1 saturated heterocycles. The number of fused-ring (bicyclic) bond motifs is 1. The molecule has 2 aromatic heterocycles. The van der Waals surface area contributed by atoms with Crippen LogP contribution in [0.15, 0.2) is 33.7 Å². The van der Waals surface area contributed by atoms with Gasteiger partial charge in [0.25, 0.3) is 5.56 Å². The van der Waals surface area contributed by atoms with Gasteiger partial charge in [-0.15, -0.1) is 0 Å². The van der Waals surface area contributed by atoms with Gasteiger partial charge >= 0.3 is 5.97 Å². The molecule has 0 amide bonds. The Hall–Kier alpha value is -1.73. The summed E-state index contributed by atoms with van der Waals surface area (Å²) in [6.07, 6.45) is 3.58. The number of hydrogen-bond acceptors (Lipinski definition) is 4. The second-order valence-electron chi connectivity index (χ2n) is 6.13. The second kappa shape index (κ2) is 7.44. The molecule has 0 aliphatic carbocycles. The normalized spacial score (nSPS) is 20.9. The maximum absolute atomic E-state index is 12.3.